The molecule has 4 aromatic rings. The Hall–Kier alpha value is -3.62. The Morgan fingerprint density at radius 1 is 0.944 bits per heavy atom. The molecule has 2 aromatic carbocycles. The number of amides is 2. The van der Waals surface area contributed by atoms with Crippen LogP contribution in [0.2, 0.25) is 10.0 Å². The zero-order valence-electron chi connectivity index (χ0n) is 19.0. The molecule has 7 nitrogen and oxygen atoms in total. The number of halogens is 3. The Balaban J connectivity index is 1.35. The van der Waals surface area contributed by atoms with Crippen LogP contribution in [-0.4, -0.2) is 20.8 Å². The minimum absolute atomic E-state index is 0.00228. The summed E-state index contributed by atoms with van der Waals surface area (Å²) in [6, 6.07) is 13.8. The average molecular weight is 526 g/mol. The molecule has 36 heavy (non-hydrogen) atoms. The normalized spacial score (nSPS) is 13.5. The molecule has 0 saturated heterocycles. The van der Waals surface area contributed by atoms with E-state index in [0.29, 0.717) is 39.0 Å². The maximum Gasteiger partial charge on any atom is 0.324 e. The van der Waals surface area contributed by atoms with E-state index in [2.05, 4.69) is 15.6 Å². The first-order valence-electron chi connectivity index (χ1n) is 11.5. The van der Waals surface area contributed by atoms with Gasteiger partial charge in [0.15, 0.2) is 0 Å². The third-order valence-electron chi connectivity index (χ3n) is 5.91. The number of rotatable bonds is 6. The Bertz CT molecular complexity index is 1370. The van der Waals surface area contributed by atoms with E-state index < -0.39 is 11.8 Å². The average Bonchev–Trinajstić information content (AvgIpc) is 3.51. The van der Waals surface area contributed by atoms with Crippen molar-refractivity contribution in [3.05, 3.63) is 88.5 Å². The lowest BCUT2D eigenvalue weighted by atomic mass is 10.0. The molecule has 0 bridgehead atoms. The number of aromatic nitrogens is 3. The van der Waals surface area contributed by atoms with Gasteiger partial charge in [-0.25, -0.2) is 13.9 Å². The molecule has 184 valence electrons. The molecule has 10 heteroatoms. The molecular weight excluding hydrogens is 504 g/mol. The van der Waals surface area contributed by atoms with Crippen LogP contribution >= 0.6 is 23.2 Å². The highest BCUT2D eigenvalue weighted by Gasteiger charge is 2.23. The number of pyridine rings is 1. The number of nitrogens with zero attached hydrogens (tertiary/aromatic N) is 3. The molecule has 1 saturated carbocycles. The number of benzene rings is 2. The van der Waals surface area contributed by atoms with Gasteiger partial charge < -0.3 is 10.1 Å². The van der Waals surface area contributed by atoms with Gasteiger partial charge in [-0.15, -0.1) is 0 Å². The first-order chi connectivity index (χ1) is 17.4. The first-order valence-corrected chi connectivity index (χ1v) is 12.2. The Morgan fingerprint density at radius 2 is 1.67 bits per heavy atom. The van der Waals surface area contributed by atoms with Crippen LogP contribution in [0.5, 0.6) is 11.5 Å². The van der Waals surface area contributed by atoms with Crippen molar-refractivity contribution < 1.29 is 13.9 Å². The fourth-order valence-corrected chi connectivity index (χ4v) is 4.76. The monoisotopic (exact) mass is 525 g/mol. The van der Waals surface area contributed by atoms with Crippen LogP contribution in [0.3, 0.4) is 0 Å². The van der Waals surface area contributed by atoms with Gasteiger partial charge in [0.1, 0.15) is 23.1 Å². The van der Waals surface area contributed by atoms with Crippen molar-refractivity contribution in [2.75, 3.05) is 10.6 Å². The van der Waals surface area contributed by atoms with Crippen LogP contribution in [0.25, 0.3) is 5.69 Å². The van der Waals surface area contributed by atoms with Gasteiger partial charge in [-0.1, -0.05) is 36.0 Å². The number of carbonyl (C=O) groups excluding carboxylic acids is 1. The van der Waals surface area contributed by atoms with Gasteiger partial charge in [0.05, 0.1) is 17.1 Å². The number of urea groups is 1. The van der Waals surface area contributed by atoms with Crippen molar-refractivity contribution in [2.45, 2.75) is 31.6 Å². The highest BCUT2D eigenvalue weighted by atomic mass is 35.5. The minimum atomic E-state index is -0.640. The maximum absolute atomic E-state index is 14.7. The molecule has 0 spiro atoms. The molecule has 2 N–H and O–H groups in total. The number of nitrogens with one attached hydrogen (secondary N) is 2. The highest BCUT2D eigenvalue weighted by molar-refractivity contribution is 6.34. The van der Waals surface area contributed by atoms with Gasteiger partial charge in [0.25, 0.3) is 0 Å². The molecule has 2 heterocycles. The summed E-state index contributed by atoms with van der Waals surface area (Å²) in [5, 5.41) is 11.0. The molecular formula is C26H22Cl2FN5O2. The maximum atomic E-state index is 14.7. The predicted octanol–water partition coefficient (Wildman–Crippen LogP) is 7.81. The van der Waals surface area contributed by atoms with Crippen molar-refractivity contribution in [1.29, 1.82) is 0 Å². The standard InChI is InChI=1S/C26H22Cl2FN5O2/c27-17-11-18(28)13-19(12-17)34-25(15-24(33-34)16-3-1-2-4-16)32-26(35)31-23-6-5-21(14-22(23)29)36-20-7-9-30-10-8-20/h5-16H,1-4H2,(H2,31,32,35). The van der Waals surface area contributed by atoms with Gasteiger partial charge in [0.2, 0.25) is 0 Å². The molecule has 0 atom stereocenters. The van der Waals surface area contributed by atoms with Gasteiger partial charge in [-0.3, -0.25) is 10.3 Å². The van der Waals surface area contributed by atoms with Crippen LogP contribution in [0.1, 0.15) is 37.3 Å². The third kappa shape index (κ3) is 5.61. The summed E-state index contributed by atoms with van der Waals surface area (Å²) < 4.78 is 21.9. The number of ether oxygens (including phenoxy) is 1. The van der Waals surface area contributed by atoms with Crippen LogP contribution < -0.4 is 15.4 Å². The smallest absolute Gasteiger partial charge is 0.324 e. The number of carbonyl (C=O) groups is 1. The van der Waals surface area contributed by atoms with Crippen molar-refractivity contribution >= 4 is 40.7 Å². The SMILES string of the molecule is O=C(Nc1ccc(Oc2ccncc2)cc1F)Nc1cc(C2CCCC2)nn1-c1cc(Cl)cc(Cl)c1. The zero-order valence-corrected chi connectivity index (χ0v) is 20.6. The summed E-state index contributed by atoms with van der Waals surface area (Å²) >= 11 is 12.4. The van der Waals surface area contributed by atoms with Crippen molar-refractivity contribution in [3.8, 4) is 17.2 Å². The Morgan fingerprint density at radius 3 is 2.36 bits per heavy atom. The van der Waals surface area contributed by atoms with E-state index >= 15 is 0 Å². The second kappa shape index (κ2) is 10.6. The van der Waals surface area contributed by atoms with E-state index in [9.17, 15) is 9.18 Å². The molecule has 2 amide bonds. The highest BCUT2D eigenvalue weighted by Crippen LogP contribution is 2.35. The van der Waals surface area contributed by atoms with E-state index in [1.165, 1.54) is 12.1 Å². The fourth-order valence-electron chi connectivity index (χ4n) is 4.24. The first kappa shape index (κ1) is 24.1. The summed E-state index contributed by atoms with van der Waals surface area (Å²) in [5.41, 5.74) is 1.49. The quantitative estimate of drug-likeness (QED) is 0.269. The summed E-state index contributed by atoms with van der Waals surface area (Å²) in [7, 11) is 0. The molecule has 1 aliphatic carbocycles. The lowest BCUT2D eigenvalue weighted by molar-refractivity contribution is 0.262. The third-order valence-corrected chi connectivity index (χ3v) is 6.35. The number of hydrogen-bond acceptors (Lipinski definition) is 4. The van der Waals surface area contributed by atoms with E-state index in [-0.39, 0.29) is 5.69 Å². The zero-order chi connectivity index (χ0) is 25.1. The fraction of sp³-hybridized carbons (Fsp3) is 0.192. The topological polar surface area (TPSA) is 81.1 Å². The molecule has 5 rings (SSSR count). The molecule has 0 unspecified atom stereocenters. The van der Waals surface area contributed by atoms with Crippen LogP contribution in [0.4, 0.5) is 20.7 Å². The number of hydrogen-bond donors (Lipinski definition) is 2. The van der Waals surface area contributed by atoms with Crippen molar-refractivity contribution in [1.82, 2.24) is 14.8 Å². The number of anilines is 2. The Labute approximate surface area is 217 Å². The van der Waals surface area contributed by atoms with Crippen molar-refractivity contribution in [3.63, 3.8) is 0 Å². The Kier molecular flexibility index (Phi) is 7.06. The van der Waals surface area contributed by atoms with E-state index in [1.807, 2.05) is 6.07 Å². The summed E-state index contributed by atoms with van der Waals surface area (Å²) in [6.45, 7) is 0. The van der Waals surface area contributed by atoms with E-state index in [4.69, 9.17) is 33.0 Å². The summed E-state index contributed by atoms with van der Waals surface area (Å²) in [6.07, 6.45) is 7.52. The van der Waals surface area contributed by atoms with Gasteiger partial charge >= 0.3 is 6.03 Å². The lowest BCUT2D eigenvalue weighted by Crippen LogP contribution is -2.22. The summed E-state index contributed by atoms with van der Waals surface area (Å²) in [5.74, 6) is 0.913. The van der Waals surface area contributed by atoms with Crippen LogP contribution in [0.15, 0.2) is 67.0 Å². The van der Waals surface area contributed by atoms with Gasteiger partial charge in [-0.2, -0.15) is 5.10 Å². The second-order valence-electron chi connectivity index (χ2n) is 8.48. The largest absolute Gasteiger partial charge is 0.457 e. The van der Waals surface area contributed by atoms with Crippen molar-refractivity contribution in [2.24, 2.45) is 0 Å². The second-order valence-corrected chi connectivity index (χ2v) is 9.35. The lowest BCUT2D eigenvalue weighted by Gasteiger charge is -2.12. The van der Waals surface area contributed by atoms with E-state index in [1.54, 1.807) is 53.5 Å². The predicted molar refractivity (Wildman–Crippen MR) is 138 cm³/mol. The van der Waals surface area contributed by atoms with Gasteiger partial charge in [-0.05, 0) is 55.3 Å². The van der Waals surface area contributed by atoms with E-state index in [0.717, 1.165) is 31.4 Å². The summed E-state index contributed by atoms with van der Waals surface area (Å²) in [4.78, 5) is 16.8. The van der Waals surface area contributed by atoms with Gasteiger partial charge in [0, 0.05) is 40.5 Å². The molecule has 1 aliphatic rings. The molecule has 0 aliphatic heterocycles. The molecule has 2 aromatic heterocycles. The minimum Gasteiger partial charge on any atom is -0.457 e. The van der Waals surface area contributed by atoms with Crippen LogP contribution in [0, 0.1) is 5.82 Å². The van der Waals surface area contributed by atoms with Crippen LogP contribution in [-0.2, 0) is 0 Å². The molecule has 1 fully saturated rings. The molecule has 0 radical (unpaired) electrons.